The summed E-state index contributed by atoms with van der Waals surface area (Å²) in [5.41, 5.74) is 8.23. The van der Waals surface area contributed by atoms with Gasteiger partial charge in [-0.05, 0) is 48.4 Å². The number of aromatic nitrogens is 5. The minimum atomic E-state index is 0.767. The van der Waals surface area contributed by atoms with Gasteiger partial charge in [0, 0.05) is 22.5 Å². The summed E-state index contributed by atoms with van der Waals surface area (Å²) in [5, 5.41) is 9.87. The van der Waals surface area contributed by atoms with Gasteiger partial charge in [0.15, 0.2) is 5.82 Å². The van der Waals surface area contributed by atoms with Crippen molar-refractivity contribution in [2.75, 3.05) is 0 Å². The lowest BCUT2D eigenvalue weighted by molar-refractivity contribution is 1.11. The Bertz CT molecular complexity index is 1490. The molecular weight excluding hydrogens is 358 g/mol. The number of hydrogen-bond acceptors (Lipinski definition) is 3. The minimum absolute atomic E-state index is 0.767. The molecule has 138 valence electrons. The first kappa shape index (κ1) is 16.0. The van der Waals surface area contributed by atoms with Crippen molar-refractivity contribution >= 4 is 32.8 Å². The average molecular weight is 375 g/mol. The van der Waals surface area contributed by atoms with Crippen LogP contribution in [0.4, 0.5) is 0 Å². The molecule has 0 fully saturated rings. The minimum Gasteiger partial charge on any atom is -0.337 e. The van der Waals surface area contributed by atoms with E-state index in [0.29, 0.717) is 0 Å². The van der Waals surface area contributed by atoms with Crippen LogP contribution in [0, 0.1) is 6.92 Å². The fourth-order valence-electron chi connectivity index (χ4n) is 4.00. The molecule has 0 aliphatic carbocycles. The number of H-pyrrole nitrogens is 2. The van der Waals surface area contributed by atoms with Gasteiger partial charge in [0.1, 0.15) is 5.69 Å². The van der Waals surface area contributed by atoms with Crippen LogP contribution in [0.25, 0.3) is 55.5 Å². The van der Waals surface area contributed by atoms with Crippen LogP contribution in [0.1, 0.15) is 5.56 Å². The highest BCUT2D eigenvalue weighted by Gasteiger charge is 2.14. The third kappa shape index (κ3) is 2.44. The molecule has 0 unspecified atom stereocenters. The highest BCUT2D eigenvalue weighted by atomic mass is 15.1. The molecule has 2 N–H and O–H groups in total. The highest BCUT2D eigenvalue weighted by Crippen LogP contribution is 2.33. The fourth-order valence-corrected chi connectivity index (χ4v) is 4.00. The number of imidazole rings is 1. The van der Waals surface area contributed by atoms with Crippen LogP contribution < -0.4 is 0 Å². The van der Waals surface area contributed by atoms with Crippen molar-refractivity contribution in [2.24, 2.45) is 0 Å². The Morgan fingerprint density at radius 2 is 1.62 bits per heavy atom. The molecule has 3 aromatic heterocycles. The molecule has 29 heavy (non-hydrogen) atoms. The second-order valence-corrected chi connectivity index (χ2v) is 7.25. The van der Waals surface area contributed by atoms with Crippen molar-refractivity contribution in [3.63, 3.8) is 0 Å². The number of hydrogen-bond donors (Lipinski definition) is 2. The molecule has 0 saturated heterocycles. The maximum absolute atomic E-state index is 4.72. The molecule has 3 aromatic carbocycles. The molecular formula is C24H17N5. The third-order valence-electron chi connectivity index (χ3n) is 5.53. The third-order valence-corrected chi connectivity index (χ3v) is 5.53. The zero-order valence-electron chi connectivity index (χ0n) is 15.8. The molecule has 0 spiro atoms. The monoisotopic (exact) mass is 375 g/mol. The van der Waals surface area contributed by atoms with Gasteiger partial charge in [-0.15, -0.1) is 0 Å². The van der Waals surface area contributed by atoms with Gasteiger partial charge in [0.25, 0.3) is 0 Å². The van der Waals surface area contributed by atoms with Crippen molar-refractivity contribution in [1.29, 1.82) is 0 Å². The van der Waals surface area contributed by atoms with E-state index in [1.807, 2.05) is 42.6 Å². The van der Waals surface area contributed by atoms with Crippen LogP contribution in [0.5, 0.6) is 0 Å². The Labute approximate surface area is 166 Å². The summed E-state index contributed by atoms with van der Waals surface area (Å²) in [6, 6.07) is 22.6. The van der Waals surface area contributed by atoms with E-state index in [1.54, 1.807) is 0 Å². The molecule has 0 saturated carbocycles. The summed E-state index contributed by atoms with van der Waals surface area (Å²) in [7, 11) is 0. The maximum Gasteiger partial charge on any atom is 0.159 e. The number of fused-ring (bicyclic) bond motifs is 3. The maximum atomic E-state index is 4.72. The number of benzene rings is 3. The van der Waals surface area contributed by atoms with Crippen LogP contribution >= 0.6 is 0 Å². The second-order valence-electron chi connectivity index (χ2n) is 7.25. The summed E-state index contributed by atoms with van der Waals surface area (Å²) in [6.45, 7) is 2.15. The predicted molar refractivity (Wildman–Crippen MR) is 117 cm³/mol. The topological polar surface area (TPSA) is 70.2 Å². The fraction of sp³-hybridized carbons (Fsp3) is 0.0417. The quantitative estimate of drug-likeness (QED) is 0.412. The Morgan fingerprint density at radius 3 is 2.52 bits per heavy atom. The number of rotatable bonds is 2. The lowest BCUT2D eigenvalue weighted by atomic mass is 9.97. The van der Waals surface area contributed by atoms with Crippen LogP contribution in [-0.4, -0.2) is 25.1 Å². The first-order chi connectivity index (χ1) is 14.3. The van der Waals surface area contributed by atoms with E-state index in [0.717, 1.165) is 50.1 Å². The van der Waals surface area contributed by atoms with Crippen LogP contribution in [0.2, 0.25) is 0 Å². The summed E-state index contributed by atoms with van der Waals surface area (Å²) in [6.07, 6.45) is 1.96. The second kappa shape index (κ2) is 6.01. The smallest absolute Gasteiger partial charge is 0.159 e. The van der Waals surface area contributed by atoms with Crippen LogP contribution in [-0.2, 0) is 0 Å². The predicted octanol–water partition coefficient (Wildman–Crippen LogP) is 5.63. The summed E-state index contributed by atoms with van der Waals surface area (Å²) < 4.78 is 0. The summed E-state index contributed by atoms with van der Waals surface area (Å²) in [4.78, 5) is 12.7. The number of aromatic amines is 2. The molecule has 5 heteroatoms. The van der Waals surface area contributed by atoms with Crippen molar-refractivity contribution in [3.8, 4) is 22.6 Å². The number of nitrogens with one attached hydrogen (secondary N) is 2. The lowest BCUT2D eigenvalue weighted by Gasteiger charge is -2.09. The molecule has 5 nitrogen and oxygen atoms in total. The molecule has 6 rings (SSSR count). The number of aryl methyl sites for hydroxylation is 1. The average Bonchev–Trinajstić information content (AvgIpc) is 3.37. The van der Waals surface area contributed by atoms with Gasteiger partial charge in [-0.1, -0.05) is 36.4 Å². The van der Waals surface area contributed by atoms with Gasteiger partial charge in [0.2, 0.25) is 0 Å². The van der Waals surface area contributed by atoms with Gasteiger partial charge >= 0.3 is 0 Å². The number of para-hydroxylation sites is 3. The Hall–Kier alpha value is -3.99. The first-order valence-electron chi connectivity index (χ1n) is 9.56. The van der Waals surface area contributed by atoms with E-state index < -0.39 is 0 Å². The molecule has 0 atom stereocenters. The molecule has 0 amide bonds. The zero-order chi connectivity index (χ0) is 19.4. The first-order valence-corrected chi connectivity index (χ1v) is 9.56. The Balaban J connectivity index is 1.55. The van der Waals surface area contributed by atoms with Gasteiger partial charge in [0.05, 0.1) is 22.1 Å². The van der Waals surface area contributed by atoms with Crippen LogP contribution in [0.15, 0.2) is 72.9 Å². The van der Waals surface area contributed by atoms with Crippen molar-refractivity contribution in [3.05, 3.63) is 78.5 Å². The van der Waals surface area contributed by atoms with E-state index in [1.165, 1.54) is 10.9 Å². The van der Waals surface area contributed by atoms with Gasteiger partial charge < -0.3 is 4.98 Å². The van der Waals surface area contributed by atoms with Gasteiger partial charge in [-0.25, -0.2) is 4.98 Å². The van der Waals surface area contributed by atoms with E-state index in [4.69, 9.17) is 4.98 Å². The normalized spacial score (nSPS) is 11.6. The van der Waals surface area contributed by atoms with E-state index in [9.17, 15) is 0 Å². The van der Waals surface area contributed by atoms with Crippen molar-refractivity contribution < 1.29 is 0 Å². The van der Waals surface area contributed by atoms with E-state index in [-0.39, 0.29) is 0 Å². The lowest BCUT2D eigenvalue weighted by Crippen LogP contribution is -1.89. The van der Waals surface area contributed by atoms with Crippen LogP contribution in [0.3, 0.4) is 0 Å². The van der Waals surface area contributed by atoms with E-state index in [2.05, 4.69) is 57.4 Å². The standard InChI is InChI=1S/C24H17N5/c1-14-16-6-2-3-7-19(16)25-13-18(14)15-10-11-20-17(12-15)23(29-28-20)24-26-21-8-4-5-9-22(21)27-24/h2-13H,1H3,(H,26,27)(H,28,29). The SMILES string of the molecule is Cc1c(-c2ccc3[nH]nc(-c4nc5ccccc5[nH]4)c3c2)cnc2ccccc12. The zero-order valence-corrected chi connectivity index (χ0v) is 15.8. The van der Waals surface area contributed by atoms with E-state index >= 15 is 0 Å². The molecule has 0 radical (unpaired) electrons. The summed E-state index contributed by atoms with van der Waals surface area (Å²) >= 11 is 0. The number of nitrogens with zero attached hydrogens (tertiary/aromatic N) is 3. The molecule has 0 aliphatic rings. The molecule has 0 bridgehead atoms. The summed E-state index contributed by atoms with van der Waals surface area (Å²) in [5.74, 6) is 0.767. The van der Waals surface area contributed by atoms with Crippen molar-refractivity contribution in [2.45, 2.75) is 6.92 Å². The Morgan fingerprint density at radius 1 is 0.793 bits per heavy atom. The van der Waals surface area contributed by atoms with Gasteiger partial charge in [-0.2, -0.15) is 5.10 Å². The highest BCUT2D eigenvalue weighted by molar-refractivity contribution is 5.97. The van der Waals surface area contributed by atoms with Crippen molar-refractivity contribution in [1.82, 2.24) is 25.1 Å². The number of pyridine rings is 1. The molecule has 0 aliphatic heterocycles. The molecule has 3 heterocycles. The molecule has 6 aromatic rings. The van der Waals surface area contributed by atoms with Gasteiger partial charge in [-0.3, -0.25) is 10.1 Å². The largest absolute Gasteiger partial charge is 0.337 e. The Kier molecular flexibility index (Phi) is 3.32.